The molecule has 6 nitrogen and oxygen atoms in total. The lowest BCUT2D eigenvalue weighted by Gasteiger charge is -2.09. The Morgan fingerprint density at radius 2 is 2.14 bits per heavy atom. The number of hydrogen-bond donors (Lipinski definition) is 2. The molecule has 1 heterocycles. The predicted molar refractivity (Wildman–Crippen MR) is 86.0 cm³/mol. The van der Waals surface area contributed by atoms with E-state index in [9.17, 15) is 4.79 Å². The normalized spacial score (nSPS) is 10.0. The fourth-order valence-corrected chi connectivity index (χ4v) is 2.52. The Morgan fingerprint density at radius 1 is 1.38 bits per heavy atom. The van der Waals surface area contributed by atoms with Gasteiger partial charge in [0.1, 0.15) is 10.8 Å². The second kappa shape index (κ2) is 7.09. The number of thiocarbonyl (C=S) groups is 1. The molecular formula is C13H14N4O2S2. The first-order valence-electron chi connectivity index (χ1n) is 6.21. The van der Waals surface area contributed by atoms with Crippen LogP contribution < -0.4 is 15.4 Å². The molecular weight excluding hydrogens is 308 g/mol. The first kappa shape index (κ1) is 15.3. The Balaban J connectivity index is 2.00. The number of nitrogens with zero attached hydrogens (tertiary/aromatic N) is 2. The maximum absolute atomic E-state index is 12.1. The van der Waals surface area contributed by atoms with Gasteiger partial charge in [-0.05, 0) is 30.8 Å². The highest BCUT2D eigenvalue weighted by atomic mass is 32.1. The van der Waals surface area contributed by atoms with Crippen molar-refractivity contribution in [2.24, 2.45) is 0 Å². The fraction of sp³-hybridized carbons (Fsp3) is 0.231. The van der Waals surface area contributed by atoms with Crippen molar-refractivity contribution in [3.05, 3.63) is 34.8 Å². The number of methoxy groups -OCH3 is 1. The highest BCUT2D eigenvalue weighted by molar-refractivity contribution is 7.80. The molecule has 2 N–H and O–H groups in total. The average Bonchev–Trinajstić information content (AvgIpc) is 2.94. The summed E-state index contributed by atoms with van der Waals surface area (Å²) in [5, 5.41) is 14.9. The van der Waals surface area contributed by atoms with Gasteiger partial charge in [-0.1, -0.05) is 30.4 Å². The molecule has 21 heavy (non-hydrogen) atoms. The maximum Gasteiger partial charge on any atom is 0.261 e. The molecule has 110 valence electrons. The number of nitrogens with one attached hydrogen (secondary N) is 2. The summed E-state index contributed by atoms with van der Waals surface area (Å²) >= 11 is 6.49. The van der Waals surface area contributed by atoms with E-state index in [0.717, 1.165) is 11.4 Å². The fourth-order valence-electron chi connectivity index (χ4n) is 1.58. The Labute approximate surface area is 131 Å². The van der Waals surface area contributed by atoms with Crippen molar-refractivity contribution in [2.75, 3.05) is 12.4 Å². The highest BCUT2D eigenvalue weighted by Gasteiger charge is 2.13. The van der Waals surface area contributed by atoms with E-state index in [1.165, 1.54) is 18.4 Å². The van der Waals surface area contributed by atoms with E-state index in [4.69, 9.17) is 17.0 Å². The highest BCUT2D eigenvalue weighted by Crippen LogP contribution is 2.17. The minimum absolute atomic E-state index is 0.171. The van der Waals surface area contributed by atoms with E-state index < -0.39 is 0 Å². The number of benzene rings is 1. The number of carbonyl (C=O) groups is 1. The number of rotatable bonds is 4. The Hall–Kier alpha value is -2.06. The van der Waals surface area contributed by atoms with Gasteiger partial charge in [-0.2, -0.15) is 0 Å². The van der Waals surface area contributed by atoms with Crippen LogP contribution in [-0.4, -0.2) is 28.3 Å². The molecule has 0 bridgehead atoms. The molecule has 0 radical (unpaired) electrons. The Kier molecular flexibility index (Phi) is 5.18. The smallest absolute Gasteiger partial charge is 0.261 e. The summed E-state index contributed by atoms with van der Waals surface area (Å²) in [4.78, 5) is 12.1. The van der Waals surface area contributed by atoms with Gasteiger partial charge in [0.2, 0.25) is 5.13 Å². The lowest BCUT2D eigenvalue weighted by atomic mass is 10.2. The number of ether oxygens (including phenoxy) is 1. The van der Waals surface area contributed by atoms with Crippen LogP contribution in [0.4, 0.5) is 5.13 Å². The molecule has 0 unspecified atom stereocenters. The standard InChI is InChI=1S/C13H14N4O2S2/c1-3-10-16-17-13(21-10)15-12(20)14-11(18)8-6-4-5-7-9(8)19-2/h4-7H,3H2,1-2H3,(H2,14,15,17,18,20). The van der Waals surface area contributed by atoms with Gasteiger partial charge in [0.05, 0.1) is 12.7 Å². The lowest BCUT2D eigenvalue weighted by molar-refractivity contribution is 0.0975. The minimum Gasteiger partial charge on any atom is -0.496 e. The van der Waals surface area contributed by atoms with E-state index >= 15 is 0 Å². The van der Waals surface area contributed by atoms with E-state index in [-0.39, 0.29) is 11.0 Å². The average molecular weight is 322 g/mol. The summed E-state index contributed by atoms with van der Waals surface area (Å²) in [7, 11) is 1.51. The first-order valence-corrected chi connectivity index (χ1v) is 7.44. The quantitative estimate of drug-likeness (QED) is 0.841. The summed E-state index contributed by atoms with van der Waals surface area (Å²) in [6.45, 7) is 1.99. The van der Waals surface area contributed by atoms with Crippen LogP contribution in [0.5, 0.6) is 5.75 Å². The Morgan fingerprint density at radius 3 is 2.81 bits per heavy atom. The Bertz CT molecular complexity index is 657. The summed E-state index contributed by atoms with van der Waals surface area (Å²) in [5.41, 5.74) is 0.413. The number of anilines is 1. The van der Waals surface area contributed by atoms with Crippen molar-refractivity contribution < 1.29 is 9.53 Å². The van der Waals surface area contributed by atoms with Crippen LogP contribution in [0.3, 0.4) is 0 Å². The predicted octanol–water partition coefficient (Wildman–Crippen LogP) is 2.24. The molecule has 0 aliphatic heterocycles. The number of para-hydroxylation sites is 1. The van der Waals surface area contributed by atoms with Gasteiger partial charge < -0.3 is 10.1 Å². The first-order chi connectivity index (χ1) is 10.1. The third-order valence-electron chi connectivity index (χ3n) is 2.57. The van der Waals surface area contributed by atoms with Crippen LogP contribution in [0.25, 0.3) is 0 Å². The largest absolute Gasteiger partial charge is 0.496 e. The molecule has 0 saturated heterocycles. The zero-order valence-electron chi connectivity index (χ0n) is 11.5. The van der Waals surface area contributed by atoms with Gasteiger partial charge >= 0.3 is 0 Å². The van der Waals surface area contributed by atoms with Crippen molar-refractivity contribution in [2.45, 2.75) is 13.3 Å². The van der Waals surface area contributed by atoms with Crippen molar-refractivity contribution in [1.82, 2.24) is 15.5 Å². The molecule has 0 fully saturated rings. The monoisotopic (exact) mass is 322 g/mol. The molecule has 0 aliphatic rings. The summed E-state index contributed by atoms with van der Waals surface area (Å²) in [6, 6.07) is 6.92. The van der Waals surface area contributed by atoms with Crippen molar-refractivity contribution >= 4 is 39.7 Å². The number of aryl methyl sites for hydroxylation is 1. The molecule has 1 amide bonds. The second-order valence-electron chi connectivity index (χ2n) is 3.96. The van der Waals surface area contributed by atoms with Crippen LogP contribution >= 0.6 is 23.6 Å². The van der Waals surface area contributed by atoms with Crippen molar-refractivity contribution in [1.29, 1.82) is 0 Å². The van der Waals surface area contributed by atoms with Crippen LogP contribution in [0.2, 0.25) is 0 Å². The zero-order chi connectivity index (χ0) is 15.2. The third kappa shape index (κ3) is 3.96. The van der Waals surface area contributed by atoms with Crippen molar-refractivity contribution in [3.8, 4) is 5.75 Å². The SMILES string of the molecule is CCc1nnc(NC(=S)NC(=O)c2ccccc2OC)s1. The van der Waals surface area contributed by atoms with Gasteiger partial charge in [0.15, 0.2) is 5.11 Å². The molecule has 0 saturated carbocycles. The second-order valence-corrected chi connectivity index (χ2v) is 5.43. The van der Waals surface area contributed by atoms with Gasteiger partial charge in [-0.25, -0.2) is 0 Å². The molecule has 1 aromatic carbocycles. The molecule has 1 aromatic heterocycles. The summed E-state index contributed by atoms with van der Waals surface area (Å²) in [5.74, 6) is 0.146. The van der Waals surface area contributed by atoms with Gasteiger partial charge in [0, 0.05) is 0 Å². The van der Waals surface area contributed by atoms with Gasteiger partial charge in [0.25, 0.3) is 5.91 Å². The maximum atomic E-state index is 12.1. The number of hydrogen-bond acceptors (Lipinski definition) is 6. The molecule has 0 aliphatic carbocycles. The number of aromatic nitrogens is 2. The zero-order valence-corrected chi connectivity index (χ0v) is 13.2. The van der Waals surface area contributed by atoms with Gasteiger partial charge in [-0.15, -0.1) is 10.2 Å². The number of carbonyl (C=O) groups excluding carboxylic acids is 1. The number of amides is 1. The van der Waals surface area contributed by atoms with Crippen LogP contribution in [-0.2, 0) is 6.42 Å². The minimum atomic E-state index is -0.342. The molecule has 2 rings (SSSR count). The van der Waals surface area contributed by atoms with Crippen LogP contribution in [0.15, 0.2) is 24.3 Å². The van der Waals surface area contributed by atoms with E-state index in [1.807, 2.05) is 6.92 Å². The van der Waals surface area contributed by atoms with Crippen LogP contribution in [0, 0.1) is 0 Å². The van der Waals surface area contributed by atoms with E-state index in [1.54, 1.807) is 24.3 Å². The summed E-state index contributed by atoms with van der Waals surface area (Å²) < 4.78 is 5.14. The third-order valence-corrected chi connectivity index (χ3v) is 3.76. The molecule has 2 aromatic rings. The molecule has 8 heteroatoms. The van der Waals surface area contributed by atoms with E-state index in [0.29, 0.717) is 16.4 Å². The van der Waals surface area contributed by atoms with E-state index in [2.05, 4.69) is 20.8 Å². The van der Waals surface area contributed by atoms with Crippen LogP contribution in [0.1, 0.15) is 22.3 Å². The lowest BCUT2D eigenvalue weighted by Crippen LogP contribution is -2.34. The molecule has 0 spiro atoms. The summed E-state index contributed by atoms with van der Waals surface area (Å²) in [6.07, 6.45) is 0.805. The van der Waals surface area contributed by atoms with Crippen molar-refractivity contribution in [3.63, 3.8) is 0 Å². The van der Waals surface area contributed by atoms with Gasteiger partial charge in [-0.3, -0.25) is 10.1 Å². The molecule has 0 atom stereocenters. The topological polar surface area (TPSA) is 76.1 Å².